The quantitative estimate of drug-likeness (QED) is 0.803. The van der Waals surface area contributed by atoms with Gasteiger partial charge in [-0.15, -0.1) is 0 Å². The molecular weight excluding hydrogens is 241 g/mol. The maximum atomic E-state index is 12.6. The van der Waals surface area contributed by atoms with Gasteiger partial charge in [-0.2, -0.15) is 13.2 Å². The maximum absolute atomic E-state index is 12.6. The number of rotatable bonds is 4. The second-order valence-corrected chi connectivity index (χ2v) is 4.90. The third-order valence-electron chi connectivity index (χ3n) is 3.12. The molecule has 0 spiro atoms. The molecule has 0 amide bonds. The molecule has 1 atom stereocenters. The van der Waals surface area contributed by atoms with Crippen LogP contribution >= 0.6 is 0 Å². The normalized spacial score (nSPS) is 13.7. The largest absolute Gasteiger partial charge is 0.418 e. The van der Waals surface area contributed by atoms with Gasteiger partial charge in [-0.3, -0.25) is 0 Å². The average Bonchev–Trinajstić information content (AvgIpc) is 2.25. The van der Waals surface area contributed by atoms with Crippen molar-refractivity contribution < 1.29 is 13.2 Å². The predicted octanol–water partition coefficient (Wildman–Crippen LogP) is 3.99. The number of halogens is 3. The Hall–Kier alpha value is -1.39. The molecule has 1 rings (SSSR count). The summed E-state index contributed by atoms with van der Waals surface area (Å²) in [5, 5.41) is 3.01. The lowest BCUT2D eigenvalue weighted by atomic mass is 9.98. The number of nitrogens with two attached hydrogens (primary N) is 1. The van der Waals surface area contributed by atoms with Crippen molar-refractivity contribution in [2.45, 2.75) is 26.9 Å². The fourth-order valence-corrected chi connectivity index (χ4v) is 1.43. The van der Waals surface area contributed by atoms with E-state index in [1.807, 2.05) is 0 Å². The lowest BCUT2D eigenvalue weighted by Gasteiger charge is -2.18. The molecule has 0 saturated carbocycles. The number of benzene rings is 1. The number of nitrogens with one attached hydrogen (secondary N) is 1. The summed E-state index contributed by atoms with van der Waals surface area (Å²) >= 11 is 0. The van der Waals surface area contributed by atoms with Crippen molar-refractivity contribution in [3.8, 4) is 0 Å². The Bertz CT molecular complexity index is 400. The monoisotopic (exact) mass is 260 g/mol. The highest BCUT2D eigenvalue weighted by molar-refractivity contribution is 5.58. The second kappa shape index (κ2) is 5.50. The molecular formula is C13H19F3N2. The van der Waals surface area contributed by atoms with Gasteiger partial charge in [-0.1, -0.05) is 20.8 Å². The van der Waals surface area contributed by atoms with E-state index in [0.717, 1.165) is 6.07 Å². The minimum atomic E-state index is -4.41. The van der Waals surface area contributed by atoms with Crippen LogP contribution in [-0.4, -0.2) is 6.54 Å². The Morgan fingerprint density at radius 3 is 2.33 bits per heavy atom. The van der Waals surface area contributed by atoms with Crippen LogP contribution in [0.1, 0.15) is 26.3 Å². The second-order valence-electron chi connectivity index (χ2n) is 4.90. The third-order valence-corrected chi connectivity index (χ3v) is 3.12. The first-order valence-electron chi connectivity index (χ1n) is 5.92. The van der Waals surface area contributed by atoms with Crippen molar-refractivity contribution in [1.82, 2.24) is 0 Å². The molecule has 5 heteroatoms. The van der Waals surface area contributed by atoms with E-state index in [-0.39, 0.29) is 5.69 Å². The molecule has 0 bridgehead atoms. The minimum absolute atomic E-state index is 0.245. The third kappa shape index (κ3) is 3.82. The van der Waals surface area contributed by atoms with E-state index in [0.29, 0.717) is 24.1 Å². The summed E-state index contributed by atoms with van der Waals surface area (Å²) in [7, 11) is 0. The number of anilines is 2. The van der Waals surface area contributed by atoms with Gasteiger partial charge in [0.05, 0.1) is 5.56 Å². The van der Waals surface area contributed by atoms with Crippen molar-refractivity contribution >= 4 is 11.4 Å². The highest BCUT2D eigenvalue weighted by Crippen LogP contribution is 2.35. The number of alkyl halides is 3. The van der Waals surface area contributed by atoms with Gasteiger partial charge in [0.1, 0.15) is 0 Å². The minimum Gasteiger partial charge on any atom is -0.398 e. The maximum Gasteiger partial charge on any atom is 0.418 e. The molecule has 1 aromatic carbocycles. The van der Waals surface area contributed by atoms with E-state index in [2.05, 4.69) is 26.1 Å². The van der Waals surface area contributed by atoms with Gasteiger partial charge in [-0.25, -0.2) is 0 Å². The Morgan fingerprint density at radius 1 is 1.22 bits per heavy atom. The average molecular weight is 260 g/mol. The van der Waals surface area contributed by atoms with Crippen molar-refractivity contribution in [1.29, 1.82) is 0 Å². The Labute approximate surface area is 105 Å². The van der Waals surface area contributed by atoms with Gasteiger partial charge >= 0.3 is 6.18 Å². The Morgan fingerprint density at radius 2 is 1.83 bits per heavy atom. The summed E-state index contributed by atoms with van der Waals surface area (Å²) in [6, 6.07) is 3.91. The lowest BCUT2D eigenvalue weighted by Crippen LogP contribution is -2.17. The first-order valence-corrected chi connectivity index (χ1v) is 5.92. The standard InChI is InChI=1S/C13H19F3N2/c1-8(2)9(3)7-18-10-4-5-12(17)11(6-10)13(14,15)16/h4-6,8-9,18H,7,17H2,1-3H3. The lowest BCUT2D eigenvalue weighted by molar-refractivity contribution is -0.136. The van der Waals surface area contributed by atoms with Gasteiger partial charge in [0.15, 0.2) is 0 Å². The smallest absolute Gasteiger partial charge is 0.398 e. The van der Waals surface area contributed by atoms with Crippen molar-refractivity contribution in [2.24, 2.45) is 11.8 Å². The summed E-state index contributed by atoms with van der Waals surface area (Å²) in [5.41, 5.74) is 4.75. The van der Waals surface area contributed by atoms with Crippen LogP contribution < -0.4 is 11.1 Å². The van der Waals surface area contributed by atoms with E-state index < -0.39 is 11.7 Å². The van der Waals surface area contributed by atoms with E-state index in [1.165, 1.54) is 6.07 Å². The zero-order valence-electron chi connectivity index (χ0n) is 10.8. The fourth-order valence-electron chi connectivity index (χ4n) is 1.43. The zero-order valence-corrected chi connectivity index (χ0v) is 10.8. The van der Waals surface area contributed by atoms with Crippen LogP contribution in [0.5, 0.6) is 0 Å². The van der Waals surface area contributed by atoms with Crippen molar-refractivity contribution in [2.75, 3.05) is 17.6 Å². The molecule has 0 aliphatic rings. The van der Waals surface area contributed by atoms with E-state index in [9.17, 15) is 13.2 Å². The molecule has 0 radical (unpaired) electrons. The molecule has 18 heavy (non-hydrogen) atoms. The first-order chi connectivity index (χ1) is 8.21. The van der Waals surface area contributed by atoms with Gasteiger partial charge in [0.2, 0.25) is 0 Å². The molecule has 2 nitrogen and oxygen atoms in total. The highest BCUT2D eigenvalue weighted by Gasteiger charge is 2.33. The van der Waals surface area contributed by atoms with Crippen LogP contribution in [0.2, 0.25) is 0 Å². The van der Waals surface area contributed by atoms with Crippen LogP contribution in [0, 0.1) is 11.8 Å². The van der Waals surface area contributed by atoms with Crippen LogP contribution in [0.15, 0.2) is 18.2 Å². The molecule has 0 heterocycles. The molecule has 1 aromatic rings. The first kappa shape index (κ1) is 14.7. The van der Waals surface area contributed by atoms with E-state index >= 15 is 0 Å². The van der Waals surface area contributed by atoms with Crippen LogP contribution in [0.25, 0.3) is 0 Å². The molecule has 0 aromatic heterocycles. The summed E-state index contributed by atoms with van der Waals surface area (Å²) in [4.78, 5) is 0. The summed E-state index contributed by atoms with van der Waals surface area (Å²) in [5.74, 6) is 0.866. The number of hydrogen-bond donors (Lipinski definition) is 2. The van der Waals surface area contributed by atoms with E-state index in [1.54, 1.807) is 6.07 Å². The van der Waals surface area contributed by atoms with Gasteiger partial charge in [0.25, 0.3) is 0 Å². The fraction of sp³-hybridized carbons (Fsp3) is 0.538. The topological polar surface area (TPSA) is 38.0 Å². The van der Waals surface area contributed by atoms with Gasteiger partial charge in [0, 0.05) is 17.9 Å². The highest BCUT2D eigenvalue weighted by atomic mass is 19.4. The SMILES string of the molecule is CC(C)C(C)CNc1ccc(N)c(C(F)(F)F)c1. The van der Waals surface area contributed by atoms with Crippen LogP contribution in [-0.2, 0) is 6.18 Å². The van der Waals surface area contributed by atoms with Crippen LogP contribution in [0.4, 0.5) is 24.5 Å². The van der Waals surface area contributed by atoms with Gasteiger partial charge in [-0.05, 0) is 30.0 Å². The molecule has 0 fully saturated rings. The predicted molar refractivity (Wildman–Crippen MR) is 68.3 cm³/mol. The van der Waals surface area contributed by atoms with Crippen molar-refractivity contribution in [3.05, 3.63) is 23.8 Å². The summed E-state index contributed by atoms with van der Waals surface area (Å²) < 4.78 is 37.9. The Balaban J connectivity index is 2.80. The number of nitrogen functional groups attached to an aromatic ring is 1. The summed E-state index contributed by atoms with van der Waals surface area (Å²) in [6.45, 7) is 6.85. The Kier molecular flexibility index (Phi) is 4.48. The molecule has 0 aliphatic heterocycles. The molecule has 1 unspecified atom stereocenters. The molecule has 3 N–H and O–H groups in total. The summed E-state index contributed by atoms with van der Waals surface area (Å²) in [6.07, 6.45) is -4.41. The molecule has 0 saturated heterocycles. The molecule has 0 aliphatic carbocycles. The zero-order chi connectivity index (χ0) is 13.9. The van der Waals surface area contributed by atoms with Crippen molar-refractivity contribution in [3.63, 3.8) is 0 Å². The van der Waals surface area contributed by atoms with Gasteiger partial charge < -0.3 is 11.1 Å². The van der Waals surface area contributed by atoms with Crippen LogP contribution in [0.3, 0.4) is 0 Å². The molecule has 102 valence electrons. The number of hydrogen-bond acceptors (Lipinski definition) is 2. The van der Waals surface area contributed by atoms with E-state index in [4.69, 9.17) is 5.73 Å².